The van der Waals surface area contributed by atoms with Crippen LogP contribution in [0.2, 0.25) is 0 Å². The van der Waals surface area contributed by atoms with Gasteiger partial charge < -0.3 is 4.74 Å². The van der Waals surface area contributed by atoms with E-state index in [4.69, 9.17) is 10.00 Å². The lowest BCUT2D eigenvalue weighted by atomic mass is 9.93. The third-order valence-corrected chi connectivity index (χ3v) is 3.67. The zero-order chi connectivity index (χ0) is 19.3. The van der Waals surface area contributed by atoms with Crippen LogP contribution in [0.3, 0.4) is 0 Å². The number of esters is 1. The number of non-ortho nitro benzene ring substituents is 1. The predicted octanol–water partition coefficient (Wildman–Crippen LogP) is 3.22. The highest BCUT2D eigenvalue weighted by atomic mass is 16.6. The Morgan fingerprint density at radius 3 is 2.65 bits per heavy atom. The summed E-state index contributed by atoms with van der Waals surface area (Å²) < 4.78 is 5.08. The average molecular weight is 350 g/mol. The summed E-state index contributed by atoms with van der Waals surface area (Å²) in [6.07, 6.45) is 0.0291. The molecule has 0 aliphatic rings. The number of aryl methyl sites for hydroxylation is 2. The van der Waals surface area contributed by atoms with Crippen molar-refractivity contribution >= 4 is 11.7 Å². The number of nitro benzene ring substituents is 1. The van der Waals surface area contributed by atoms with E-state index in [0.29, 0.717) is 17.0 Å². The quantitative estimate of drug-likeness (QED) is 0.350. The Balaban J connectivity index is 2.72. The molecule has 0 unspecified atom stereocenters. The Labute approximate surface area is 149 Å². The second kappa shape index (κ2) is 7.86. The molecular formula is C18H14N4O4. The van der Waals surface area contributed by atoms with Gasteiger partial charge in [-0.3, -0.25) is 15.1 Å². The maximum Gasteiger partial charge on any atom is 0.340 e. The first-order chi connectivity index (χ1) is 12.4. The van der Waals surface area contributed by atoms with Gasteiger partial charge in [-0.05, 0) is 19.4 Å². The molecule has 0 atom stereocenters. The Hall–Kier alpha value is -3.78. The van der Waals surface area contributed by atoms with Crippen LogP contribution in [0.25, 0.3) is 11.1 Å². The van der Waals surface area contributed by atoms with Gasteiger partial charge in [0.2, 0.25) is 0 Å². The van der Waals surface area contributed by atoms with E-state index in [2.05, 4.69) is 4.98 Å². The molecule has 0 spiro atoms. The van der Waals surface area contributed by atoms with E-state index in [9.17, 15) is 20.2 Å². The third-order valence-electron chi connectivity index (χ3n) is 3.67. The fraction of sp³-hybridized carbons (Fsp3) is 0.222. The Kier molecular flexibility index (Phi) is 5.61. The van der Waals surface area contributed by atoms with Crippen LogP contribution in [0.1, 0.15) is 33.7 Å². The van der Waals surface area contributed by atoms with E-state index in [-0.39, 0.29) is 35.4 Å². The first-order valence-corrected chi connectivity index (χ1v) is 7.61. The van der Waals surface area contributed by atoms with Gasteiger partial charge in [0.05, 0.1) is 39.9 Å². The smallest absolute Gasteiger partial charge is 0.340 e. The number of nitrogens with zero attached hydrogens (tertiary/aromatic N) is 4. The number of aromatic nitrogens is 1. The van der Waals surface area contributed by atoms with Crippen molar-refractivity contribution in [2.75, 3.05) is 6.61 Å². The lowest BCUT2D eigenvalue weighted by molar-refractivity contribution is -0.384. The molecule has 1 aromatic carbocycles. The Morgan fingerprint density at radius 1 is 1.31 bits per heavy atom. The molecule has 0 saturated carbocycles. The van der Waals surface area contributed by atoms with Crippen molar-refractivity contribution in [1.29, 1.82) is 10.5 Å². The van der Waals surface area contributed by atoms with E-state index in [1.54, 1.807) is 19.9 Å². The summed E-state index contributed by atoms with van der Waals surface area (Å²) in [6.45, 7) is 3.12. The molecule has 0 amide bonds. The summed E-state index contributed by atoms with van der Waals surface area (Å²) in [5.41, 5.74) is 1.36. The number of pyridine rings is 1. The molecule has 2 rings (SSSR count). The zero-order valence-electron chi connectivity index (χ0n) is 14.1. The van der Waals surface area contributed by atoms with Crippen molar-refractivity contribution in [2.45, 2.75) is 20.3 Å². The highest BCUT2D eigenvalue weighted by molar-refractivity contribution is 6.00. The summed E-state index contributed by atoms with van der Waals surface area (Å²) in [5, 5.41) is 29.2. The number of hydrogen-bond acceptors (Lipinski definition) is 7. The SMILES string of the molecule is Cc1nc(C)c(C(=O)OCCC#N)c(-c2cccc([N+](=O)[O-])c2)c1C#N. The monoisotopic (exact) mass is 350 g/mol. The summed E-state index contributed by atoms with van der Waals surface area (Å²) in [5.74, 6) is -0.733. The van der Waals surface area contributed by atoms with Crippen molar-refractivity contribution in [3.8, 4) is 23.3 Å². The van der Waals surface area contributed by atoms with E-state index in [0.717, 1.165) is 0 Å². The molecular weight excluding hydrogens is 336 g/mol. The number of benzene rings is 1. The predicted molar refractivity (Wildman–Crippen MR) is 91.0 cm³/mol. The van der Waals surface area contributed by atoms with E-state index >= 15 is 0 Å². The van der Waals surface area contributed by atoms with Crippen molar-refractivity contribution in [1.82, 2.24) is 4.98 Å². The van der Waals surface area contributed by atoms with Crippen molar-refractivity contribution in [3.05, 3.63) is 56.9 Å². The average Bonchev–Trinajstić information content (AvgIpc) is 2.61. The van der Waals surface area contributed by atoms with Gasteiger partial charge in [0.1, 0.15) is 12.7 Å². The first kappa shape index (κ1) is 18.6. The van der Waals surface area contributed by atoms with Gasteiger partial charge in [-0.2, -0.15) is 10.5 Å². The molecule has 0 aliphatic heterocycles. The molecule has 0 bridgehead atoms. The van der Waals surface area contributed by atoms with Crippen molar-refractivity contribution in [2.24, 2.45) is 0 Å². The minimum Gasteiger partial charge on any atom is -0.461 e. The highest BCUT2D eigenvalue weighted by Gasteiger charge is 2.24. The molecule has 0 N–H and O–H groups in total. The van der Waals surface area contributed by atoms with Crippen LogP contribution < -0.4 is 0 Å². The van der Waals surface area contributed by atoms with Crippen LogP contribution in [0.15, 0.2) is 24.3 Å². The molecule has 0 radical (unpaired) electrons. The largest absolute Gasteiger partial charge is 0.461 e. The van der Waals surface area contributed by atoms with Gasteiger partial charge in [0.25, 0.3) is 5.69 Å². The fourth-order valence-electron chi connectivity index (χ4n) is 2.56. The summed E-state index contributed by atoms with van der Waals surface area (Å²) in [4.78, 5) is 27.3. The normalized spacial score (nSPS) is 9.85. The third kappa shape index (κ3) is 3.65. The molecule has 8 heteroatoms. The lowest BCUT2D eigenvalue weighted by Crippen LogP contribution is -2.13. The Morgan fingerprint density at radius 2 is 2.04 bits per heavy atom. The maximum absolute atomic E-state index is 12.5. The number of hydrogen-bond donors (Lipinski definition) is 0. The Bertz CT molecular complexity index is 970. The molecule has 8 nitrogen and oxygen atoms in total. The van der Waals surface area contributed by atoms with Crippen molar-refractivity contribution in [3.63, 3.8) is 0 Å². The molecule has 1 heterocycles. The van der Waals surface area contributed by atoms with Crippen LogP contribution in [-0.4, -0.2) is 22.5 Å². The second-order valence-corrected chi connectivity index (χ2v) is 5.37. The van der Waals surface area contributed by atoms with E-state index < -0.39 is 10.9 Å². The first-order valence-electron chi connectivity index (χ1n) is 7.61. The number of carbonyl (C=O) groups excluding carboxylic acids is 1. The molecule has 1 aromatic heterocycles. The van der Waals surface area contributed by atoms with E-state index in [1.807, 2.05) is 12.1 Å². The second-order valence-electron chi connectivity index (χ2n) is 5.37. The molecule has 2 aromatic rings. The van der Waals surface area contributed by atoms with E-state index in [1.165, 1.54) is 18.2 Å². The van der Waals surface area contributed by atoms with Gasteiger partial charge in [-0.15, -0.1) is 0 Å². The molecule has 0 aliphatic carbocycles. The number of carbonyl (C=O) groups is 1. The molecule has 0 fully saturated rings. The standard InChI is InChI=1S/C18H14N4O4/c1-11-15(10-20)17(13-5-3-6-14(9-13)22(24)25)16(12(2)21-11)18(23)26-8-4-7-19/h3,5-6,9H,4,8H2,1-2H3. The summed E-state index contributed by atoms with van der Waals surface area (Å²) >= 11 is 0. The lowest BCUT2D eigenvalue weighted by Gasteiger charge is -2.15. The fourth-order valence-corrected chi connectivity index (χ4v) is 2.56. The zero-order valence-corrected chi connectivity index (χ0v) is 14.1. The van der Waals surface area contributed by atoms with Crippen LogP contribution in [0, 0.1) is 46.6 Å². The number of ether oxygens (including phenoxy) is 1. The van der Waals surface area contributed by atoms with Crippen LogP contribution in [0.4, 0.5) is 5.69 Å². The number of nitriles is 2. The molecule has 130 valence electrons. The highest BCUT2D eigenvalue weighted by Crippen LogP contribution is 2.33. The van der Waals surface area contributed by atoms with Crippen LogP contribution in [0.5, 0.6) is 0 Å². The van der Waals surface area contributed by atoms with Gasteiger partial charge in [-0.1, -0.05) is 12.1 Å². The molecule has 26 heavy (non-hydrogen) atoms. The topological polar surface area (TPSA) is 130 Å². The minimum atomic E-state index is -0.733. The minimum absolute atomic E-state index is 0.0291. The summed E-state index contributed by atoms with van der Waals surface area (Å²) in [6, 6.07) is 9.54. The van der Waals surface area contributed by atoms with Gasteiger partial charge >= 0.3 is 5.97 Å². The summed E-state index contributed by atoms with van der Waals surface area (Å²) in [7, 11) is 0. The van der Waals surface area contributed by atoms with Crippen molar-refractivity contribution < 1.29 is 14.5 Å². The maximum atomic E-state index is 12.5. The van der Waals surface area contributed by atoms with Gasteiger partial charge in [0.15, 0.2) is 0 Å². The van der Waals surface area contributed by atoms with Crippen LogP contribution >= 0.6 is 0 Å². The van der Waals surface area contributed by atoms with Gasteiger partial charge in [0, 0.05) is 17.7 Å². The number of nitro groups is 1. The van der Waals surface area contributed by atoms with Crippen LogP contribution in [-0.2, 0) is 4.74 Å². The van der Waals surface area contributed by atoms with Gasteiger partial charge in [-0.25, -0.2) is 4.79 Å². The molecule has 0 saturated heterocycles. The number of rotatable bonds is 5.